The molecule has 1 aliphatic carbocycles. The van der Waals surface area contributed by atoms with Gasteiger partial charge >= 0.3 is 0 Å². The summed E-state index contributed by atoms with van der Waals surface area (Å²) in [5.41, 5.74) is 0.127. The van der Waals surface area contributed by atoms with Crippen LogP contribution >= 0.6 is 15.9 Å². The lowest BCUT2D eigenvalue weighted by Crippen LogP contribution is -2.31. The minimum Gasteiger partial charge on any atom is -0.332 e. The summed E-state index contributed by atoms with van der Waals surface area (Å²) >= 11 is 3.41. The van der Waals surface area contributed by atoms with Gasteiger partial charge < -0.3 is 4.98 Å². The monoisotopic (exact) mass is 307 g/mol. The lowest BCUT2D eigenvalue weighted by Gasteiger charge is -2.11. The number of H-pyrrole nitrogens is 1. The molecule has 1 aromatic heterocycles. The zero-order valence-electron chi connectivity index (χ0n) is 8.96. The molecular weight excluding hydrogens is 294 g/mol. The summed E-state index contributed by atoms with van der Waals surface area (Å²) in [4.78, 5) is 6.60. The molecule has 2 rings (SSSR count). The number of imidazole rings is 1. The molecule has 0 atom stereocenters. The first-order valence-corrected chi connectivity index (χ1v) is 7.65. The Labute approximate surface area is 103 Å². The van der Waals surface area contributed by atoms with Crippen LogP contribution in [0.1, 0.15) is 18.7 Å². The summed E-state index contributed by atoms with van der Waals surface area (Å²) in [7, 11) is -3.43. The lowest BCUT2D eigenvalue weighted by atomic mass is 10.1. The predicted molar refractivity (Wildman–Crippen MR) is 64.0 cm³/mol. The zero-order chi connectivity index (χ0) is 11.8. The number of alkyl halides is 1. The fourth-order valence-corrected chi connectivity index (χ4v) is 3.28. The third kappa shape index (κ3) is 2.46. The number of nitrogens with zero attached hydrogens (tertiary/aromatic N) is 1. The molecule has 5 nitrogen and oxygen atoms in total. The van der Waals surface area contributed by atoms with Crippen LogP contribution in [-0.4, -0.2) is 30.3 Å². The molecule has 0 amide bonds. The van der Waals surface area contributed by atoms with Crippen LogP contribution < -0.4 is 4.72 Å². The number of aromatic nitrogens is 2. The smallest absolute Gasteiger partial charge is 0.257 e. The van der Waals surface area contributed by atoms with Crippen molar-refractivity contribution < 1.29 is 8.42 Å². The van der Waals surface area contributed by atoms with Crippen molar-refractivity contribution in [3.05, 3.63) is 12.0 Å². The van der Waals surface area contributed by atoms with Crippen LogP contribution in [0.3, 0.4) is 0 Å². The van der Waals surface area contributed by atoms with Crippen molar-refractivity contribution >= 4 is 26.0 Å². The number of halogens is 1. The van der Waals surface area contributed by atoms with Crippen molar-refractivity contribution in [1.29, 1.82) is 0 Å². The van der Waals surface area contributed by atoms with Gasteiger partial charge in [-0.2, -0.15) is 0 Å². The van der Waals surface area contributed by atoms with Crippen molar-refractivity contribution in [3.8, 4) is 0 Å². The first-order valence-electron chi connectivity index (χ1n) is 5.05. The van der Waals surface area contributed by atoms with Crippen molar-refractivity contribution in [2.75, 3.05) is 11.9 Å². The number of hydrogen-bond acceptors (Lipinski definition) is 3. The Morgan fingerprint density at radius 2 is 2.31 bits per heavy atom. The second-order valence-corrected chi connectivity index (χ2v) is 6.59. The van der Waals surface area contributed by atoms with Gasteiger partial charge in [0.05, 0.1) is 6.20 Å². The fourth-order valence-electron chi connectivity index (χ4n) is 1.40. The number of sulfonamides is 1. The lowest BCUT2D eigenvalue weighted by molar-refractivity contribution is 0.536. The number of aryl methyl sites for hydroxylation is 1. The Morgan fingerprint density at radius 1 is 1.62 bits per heavy atom. The topological polar surface area (TPSA) is 74.8 Å². The molecule has 0 bridgehead atoms. The van der Waals surface area contributed by atoms with E-state index in [1.165, 1.54) is 6.20 Å². The Kier molecular flexibility index (Phi) is 3.11. The van der Waals surface area contributed by atoms with E-state index in [-0.39, 0.29) is 10.4 Å². The summed E-state index contributed by atoms with van der Waals surface area (Å²) in [6, 6.07) is 0. The van der Waals surface area contributed by atoms with Crippen molar-refractivity contribution in [1.82, 2.24) is 14.7 Å². The maximum absolute atomic E-state index is 11.8. The van der Waals surface area contributed by atoms with Crippen LogP contribution in [0, 0.1) is 12.3 Å². The molecule has 0 spiro atoms. The van der Waals surface area contributed by atoms with E-state index in [2.05, 4.69) is 30.6 Å². The van der Waals surface area contributed by atoms with Crippen LogP contribution in [-0.2, 0) is 10.0 Å². The Morgan fingerprint density at radius 3 is 2.75 bits per heavy atom. The van der Waals surface area contributed by atoms with E-state index in [9.17, 15) is 8.42 Å². The number of rotatable bonds is 5. The van der Waals surface area contributed by atoms with E-state index >= 15 is 0 Å². The molecule has 0 radical (unpaired) electrons. The van der Waals surface area contributed by atoms with Gasteiger partial charge in [-0.15, -0.1) is 0 Å². The highest BCUT2D eigenvalue weighted by Crippen LogP contribution is 2.46. The van der Waals surface area contributed by atoms with Gasteiger partial charge in [0.1, 0.15) is 5.82 Å². The third-order valence-electron chi connectivity index (χ3n) is 2.85. The highest BCUT2D eigenvalue weighted by Gasteiger charge is 2.42. The predicted octanol–water partition coefficient (Wildman–Crippen LogP) is 1.17. The third-order valence-corrected chi connectivity index (χ3v) is 5.35. The molecule has 1 aromatic rings. The van der Waals surface area contributed by atoms with Gasteiger partial charge in [0.15, 0.2) is 5.03 Å². The minimum atomic E-state index is -3.43. The molecule has 0 unspecified atom stereocenters. The molecule has 0 aromatic carbocycles. The molecule has 0 saturated heterocycles. The van der Waals surface area contributed by atoms with E-state index in [1.807, 2.05) is 0 Å². The quantitative estimate of drug-likeness (QED) is 0.802. The maximum Gasteiger partial charge on any atom is 0.257 e. The largest absolute Gasteiger partial charge is 0.332 e. The van der Waals surface area contributed by atoms with E-state index < -0.39 is 10.0 Å². The van der Waals surface area contributed by atoms with Crippen molar-refractivity contribution in [2.24, 2.45) is 5.41 Å². The molecule has 1 fully saturated rings. The standard InChI is InChI=1S/C9H14BrN3O2S/c1-7-11-4-8(13-7)16(14,15)12-6-9(5-10)2-3-9/h4,12H,2-3,5-6H2,1H3,(H,11,13). The van der Waals surface area contributed by atoms with Gasteiger partial charge in [-0.05, 0) is 25.2 Å². The zero-order valence-corrected chi connectivity index (χ0v) is 11.4. The molecule has 1 heterocycles. The average molecular weight is 308 g/mol. The van der Waals surface area contributed by atoms with Gasteiger partial charge in [0.25, 0.3) is 10.0 Å². The summed E-state index contributed by atoms with van der Waals surface area (Å²) in [5.74, 6) is 0.599. The van der Waals surface area contributed by atoms with Crippen LogP contribution in [0.5, 0.6) is 0 Å². The van der Waals surface area contributed by atoms with Gasteiger partial charge in [-0.1, -0.05) is 15.9 Å². The van der Waals surface area contributed by atoms with Gasteiger partial charge in [0.2, 0.25) is 0 Å². The van der Waals surface area contributed by atoms with Crippen LogP contribution in [0.25, 0.3) is 0 Å². The summed E-state index contributed by atoms with van der Waals surface area (Å²) in [6.45, 7) is 2.21. The average Bonchev–Trinajstić information content (AvgIpc) is 2.91. The molecule has 7 heteroatoms. The first kappa shape index (κ1) is 12.1. The first-order chi connectivity index (χ1) is 7.47. The minimum absolute atomic E-state index is 0.127. The SMILES string of the molecule is Cc1ncc(S(=O)(=O)NCC2(CBr)CC2)[nH]1. The van der Waals surface area contributed by atoms with E-state index in [1.54, 1.807) is 6.92 Å². The van der Waals surface area contributed by atoms with Gasteiger partial charge in [0, 0.05) is 11.9 Å². The van der Waals surface area contributed by atoms with Gasteiger partial charge in [-0.3, -0.25) is 0 Å². The normalized spacial score (nSPS) is 18.6. The van der Waals surface area contributed by atoms with E-state index in [0.717, 1.165) is 18.2 Å². The number of aromatic amines is 1. The molecule has 1 saturated carbocycles. The second-order valence-electron chi connectivity index (χ2n) is 4.29. The Balaban J connectivity index is 2.04. The van der Waals surface area contributed by atoms with Crippen molar-refractivity contribution in [3.63, 3.8) is 0 Å². The molecular formula is C9H14BrN3O2S. The van der Waals surface area contributed by atoms with Crippen LogP contribution in [0.2, 0.25) is 0 Å². The van der Waals surface area contributed by atoms with Crippen molar-refractivity contribution in [2.45, 2.75) is 24.8 Å². The molecule has 90 valence electrons. The molecule has 16 heavy (non-hydrogen) atoms. The number of hydrogen-bond donors (Lipinski definition) is 2. The van der Waals surface area contributed by atoms with Gasteiger partial charge in [-0.25, -0.2) is 18.1 Å². The molecule has 1 aliphatic rings. The fraction of sp³-hybridized carbons (Fsp3) is 0.667. The van der Waals surface area contributed by atoms with E-state index in [4.69, 9.17) is 0 Å². The Bertz CT molecular complexity index is 479. The molecule has 0 aliphatic heterocycles. The Hall–Kier alpha value is -0.400. The highest BCUT2D eigenvalue weighted by atomic mass is 79.9. The van der Waals surface area contributed by atoms with Crippen LogP contribution in [0.4, 0.5) is 0 Å². The summed E-state index contributed by atoms with van der Waals surface area (Å²) in [5, 5.41) is 0.972. The summed E-state index contributed by atoms with van der Waals surface area (Å²) < 4.78 is 26.3. The van der Waals surface area contributed by atoms with E-state index in [0.29, 0.717) is 12.4 Å². The second kappa shape index (κ2) is 4.12. The maximum atomic E-state index is 11.8. The van der Waals surface area contributed by atoms with Crippen LogP contribution in [0.15, 0.2) is 11.2 Å². The summed E-state index contributed by atoms with van der Waals surface area (Å²) in [6.07, 6.45) is 3.48. The highest BCUT2D eigenvalue weighted by molar-refractivity contribution is 9.09. The number of nitrogens with one attached hydrogen (secondary N) is 2. The molecule has 2 N–H and O–H groups in total.